The summed E-state index contributed by atoms with van der Waals surface area (Å²) in [5, 5.41) is 19.2. The summed E-state index contributed by atoms with van der Waals surface area (Å²) in [4.78, 5) is 0. The maximum Gasteiger partial charge on any atom is 0.0431 e. The third kappa shape index (κ3) is 22.1. The van der Waals surface area contributed by atoms with E-state index >= 15 is 0 Å². The lowest BCUT2D eigenvalue weighted by atomic mass is 9.59. The van der Waals surface area contributed by atoms with Crippen LogP contribution in [0.4, 0.5) is 0 Å². The predicted molar refractivity (Wildman–Crippen MR) is 256 cm³/mol. The van der Waals surface area contributed by atoms with Crippen molar-refractivity contribution in [2.24, 2.45) is 34.5 Å². The number of rotatable bonds is 36. The number of hydrogen-bond donors (Lipinski definition) is 2. The zero-order valence-corrected chi connectivity index (χ0v) is 39.1. The Morgan fingerprint density at radius 1 is 0.414 bits per heavy atom. The summed E-state index contributed by atoms with van der Waals surface area (Å²) in [7, 11) is 0. The second-order valence-corrected chi connectivity index (χ2v) is 20.3. The molecular formula is C56H100O2. The molecule has 58 heavy (non-hydrogen) atoms. The fourth-order valence-corrected chi connectivity index (χ4v) is 12.0. The topological polar surface area (TPSA) is 40.5 Å². The zero-order chi connectivity index (χ0) is 41.3. The van der Waals surface area contributed by atoms with Crippen LogP contribution in [-0.2, 0) is 0 Å². The van der Waals surface area contributed by atoms with Crippen molar-refractivity contribution in [3.8, 4) is 0 Å². The highest BCUT2D eigenvalue weighted by molar-refractivity contribution is 5.03. The van der Waals surface area contributed by atoms with E-state index in [-0.39, 0.29) is 0 Å². The highest BCUT2D eigenvalue weighted by atomic mass is 16.3. The van der Waals surface area contributed by atoms with Gasteiger partial charge in [-0.1, -0.05) is 152 Å². The molecule has 0 aliphatic heterocycles. The molecule has 3 saturated carbocycles. The van der Waals surface area contributed by atoms with Crippen LogP contribution in [0, 0.1) is 34.5 Å². The molecule has 0 aromatic carbocycles. The molecule has 2 heteroatoms. The third-order valence-electron chi connectivity index (χ3n) is 15.6. The summed E-state index contributed by atoms with van der Waals surface area (Å²) in [6, 6.07) is 0. The molecule has 4 atom stereocenters. The van der Waals surface area contributed by atoms with Crippen molar-refractivity contribution in [2.75, 3.05) is 13.2 Å². The smallest absolute Gasteiger partial charge is 0.0431 e. The van der Waals surface area contributed by atoms with Gasteiger partial charge in [0.1, 0.15) is 0 Å². The number of allylic oxidation sites excluding steroid dienone is 8. The Bertz CT molecular complexity index is 982. The molecule has 0 aromatic rings. The van der Waals surface area contributed by atoms with Crippen molar-refractivity contribution in [3.05, 3.63) is 48.6 Å². The highest BCUT2D eigenvalue weighted by Crippen LogP contribution is 2.63. The molecule has 0 heterocycles. The van der Waals surface area contributed by atoms with E-state index in [1.807, 2.05) is 0 Å². The summed E-state index contributed by atoms with van der Waals surface area (Å²) < 4.78 is 0. The highest BCUT2D eigenvalue weighted by Gasteiger charge is 2.51. The zero-order valence-electron chi connectivity index (χ0n) is 39.1. The first kappa shape index (κ1) is 51.2. The fraction of sp³-hybridized carbons (Fsp3) is 0.857. The molecule has 0 aromatic heterocycles. The molecule has 3 rings (SSSR count). The van der Waals surface area contributed by atoms with Gasteiger partial charge >= 0.3 is 0 Å². The van der Waals surface area contributed by atoms with Crippen LogP contribution in [0.2, 0.25) is 0 Å². The molecule has 2 nitrogen and oxygen atoms in total. The molecular weight excluding hydrogens is 705 g/mol. The minimum atomic E-state index is 0.341. The van der Waals surface area contributed by atoms with Crippen LogP contribution in [-0.4, -0.2) is 23.4 Å². The Kier molecular flexibility index (Phi) is 29.6. The second-order valence-electron chi connectivity index (χ2n) is 20.3. The van der Waals surface area contributed by atoms with Crippen LogP contribution in [0.15, 0.2) is 48.6 Å². The van der Waals surface area contributed by atoms with Gasteiger partial charge in [-0.25, -0.2) is 0 Å². The molecule has 1 spiro atoms. The van der Waals surface area contributed by atoms with Gasteiger partial charge < -0.3 is 10.2 Å². The number of fused-ring (bicyclic) bond motifs is 1. The van der Waals surface area contributed by atoms with Crippen molar-refractivity contribution in [1.29, 1.82) is 0 Å². The Labute approximate surface area is 363 Å². The second kappa shape index (κ2) is 33.5. The fourth-order valence-electron chi connectivity index (χ4n) is 12.0. The first-order valence-corrected chi connectivity index (χ1v) is 26.4. The van der Waals surface area contributed by atoms with E-state index < -0.39 is 0 Å². The Balaban J connectivity index is 1.38. The number of unbranched alkanes of at least 4 members (excludes halogenated alkanes) is 18. The summed E-state index contributed by atoms with van der Waals surface area (Å²) in [5.74, 6) is 3.43. The largest absolute Gasteiger partial charge is 0.396 e. The SMILES string of the molecule is CCCCC/C=C\C/C=C\CCCCCCCCC1(CCCCCCCC/C=C\C/C=C\CCCCC)CCC2(CC1)C[C@H]1C[C@@H](CCCO)[C@@H](CCCO)C[C@@H]1C2. The third-order valence-corrected chi connectivity index (χ3v) is 15.6. The van der Waals surface area contributed by atoms with Gasteiger partial charge in [0.25, 0.3) is 0 Å². The van der Waals surface area contributed by atoms with E-state index in [0.717, 1.165) is 49.4 Å². The van der Waals surface area contributed by atoms with Crippen molar-refractivity contribution in [3.63, 3.8) is 0 Å². The molecule has 0 unspecified atom stereocenters. The van der Waals surface area contributed by atoms with Gasteiger partial charge in [-0.3, -0.25) is 0 Å². The summed E-state index contributed by atoms with van der Waals surface area (Å²) in [6.45, 7) is 5.24. The average Bonchev–Trinajstić information content (AvgIpc) is 3.59. The number of aliphatic hydroxyl groups is 2. The molecule has 2 N–H and O–H groups in total. The quantitative estimate of drug-likeness (QED) is 0.0489. The summed E-state index contributed by atoms with van der Waals surface area (Å²) >= 11 is 0. The lowest BCUT2D eigenvalue weighted by Gasteiger charge is -2.46. The normalized spacial score (nSPS) is 23.1. The van der Waals surface area contributed by atoms with Crippen molar-refractivity contribution in [1.82, 2.24) is 0 Å². The number of hydrogen-bond acceptors (Lipinski definition) is 2. The van der Waals surface area contributed by atoms with Crippen LogP contribution in [0.1, 0.15) is 258 Å². The van der Waals surface area contributed by atoms with E-state index in [1.165, 1.54) is 218 Å². The minimum Gasteiger partial charge on any atom is -0.396 e. The van der Waals surface area contributed by atoms with E-state index in [2.05, 4.69) is 62.5 Å². The van der Waals surface area contributed by atoms with Gasteiger partial charge in [-0.15, -0.1) is 0 Å². The lowest BCUT2D eigenvalue weighted by molar-refractivity contribution is 0.0568. The van der Waals surface area contributed by atoms with Gasteiger partial charge in [0.05, 0.1) is 0 Å². The van der Waals surface area contributed by atoms with Crippen LogP contribution in [0.5, 0.6) is 0 Å². The van der Waals surface area contributed by atoms with Crippen molar-refractivity contribution < 1.29 is 10.2 Å². The van der Waals surface area contributed by atoms with Gasteiger partial charge in [-0.05, 0) is 189 Å². The van der Waals surface area contributed by atoms with Crippen molar-refractivity contribution >= 4 is 0 Å². The van der Waals surface area contributed by atoms with E-state index in [4.69, 9.17) is 0 Å². The maximum atomic E-state index is 9.62. The summed E-state index contributed by atoms with van der Waals surface area (Å²) in [5.41, 5.74) is 1.25. The molecule has 0 bridgehead atoms. The van der Waals surface area contributed by atoms with E-state index in [9.17, 15) is 10.2 Å². The Hall–Kier alpha value is -1.12. The van der Waals surface area contributed by atoms with Crippen LogP contribution >= 0.6 is 0 Å². The van der Waals surface area contributed by atoms with Gasteiger partial charge in [0.2, 0.25) is 0 Å². The predicted octanol–water partition coefficient (Wildman–Crippen LogP) is 17.5. The van der Waals surface area contributed by atoms with Crippen LogP contribution in [0.3, 0.4) is 0 Å². The Morgan fingerprint density at radius 3 is 1.16 bits per heavy atom. The van der Waals surface area contributed by atoms with E-state index in [0.29, 0.717) is 24.0 Å². The van der Waals surface area contributed by atoms with Gasteiger partial charge in [-0.2, -0.15) is 0 Å². The number of aliphatic hydroxyl groups excluding tert-OH is 2. The van der Waals surface area contributed by atoms with Crippen LogP contribution in [0.25, 0.3) is 0 Å². The lowest BCUT2D eigenvalue weighted by Crippen LogP contribution is -2.33. The molecule has 3 fully saturated rings. The molecule has 3 aliphatic carbocycles. The standard InChI is InChI=1S/C56H100O2/c1-3-5-7-9-11-13-15-17-19-21-23-25-27-29-31-33-39-55(40-34-32-30-28-26-24-22-20-18-16-14-12-10-8-6-4-2)41-43-56(44-42-55)49-53-47-51(37-35-45-57)52(38-36-46-58)48-54(53)50-56/h11-14,17-20,51-54,57-58H,3-10,15-16,21-50H2,1-2H3/b13-11-,14-12-,19-17-,20-18-/t51-,52+,53-,54-/m1/s1. The molecule has 0 saturated heterocycles. The molecule has 3 aliphatic rings. The van der Waals surface area contributed by atoms with Gasteiger partial charge in [0.15, 0.2) is 0 Å². The average molecular weight is 805 g/mol. The Morgan fingerprint density at radius 2 is 0.776 bits per heavy atom. The first-order chi connectivity index (χ1) is 28.6. The monoisotopic (exact) mass is 805 g/mol. The minimum absolute atomic E-state index is 0.341. The van der Waals surface area contributed by atoms with Crippen LogP contribution < -0.4 is 0 Å². The van der Waals surface area contributed by atoms with Crippen molar-refractivity contribution in [2.45, 2.75) is 258 Å². The summed E-state index contributed by atoms with van der Waals surface area (Å²) in [6.07, 6.45) is 70.7. The first-order valence-electron chi connectivity index (χ1n) is 26.4. The molecule has 0 amide bonds. The maximum absolute atomic E-state index is 9.62. The van der Waals surface area contributed by atoms with Gasteiger partial charge in [0, 0.05) is 13.2 Å². The molecule has 0 radical (unpaired) electrons. The molecule has 336 valence electrons. The van der Waals surface area contributed by atoms with E-state index in [1.54, 1.807) is 0 Å².